The molecule has 2 aromatic rings. The van der Waals surface area contributed by atoms with Gasteiger partial charge in [-0.2, -0.15) is 0 Å². The van der Waals surface area contributed by atoms with Gasteiger partial charge < -0.3 is 15.1 Å². The normalized spacial score (nSPS) is 12.5. The van der Waals surface area contributed by atoms with Crippen LogP contribution in [0.2, 0.25) is 0 Å². The van der Waals surface area contributed by atoms with Crippen molar-refractivity contribution in [2.24, 2.45) is 0 Å². The number of oxazole rings is 1. The molecule has 0 aliphatic rings. The minimum Gasteiger partial charge on any atom is -0.451 e. The van der Waals surface area contributed by atoms with Gasteiger partial charge in [0.25, 0.3) is 0 Å². The van der Waals surface area contributed by atoms with Gasteiger partial charge in [-0.15, -0.1) is 0 Å². The van der Waals surface area contributed by atoms with Crippen LogP contribution in [0.15, 0.2) is 29.2 Å². The van der Waals surface area contributed by atoms with Gasteiger partial charge >= 0.3 is 0 Å². The number of rotatable bonds is 8. The van der Waals surface area contributed by atoms with Gasteiger partial charge in [-0.25, -0.2) is 13.8 Å². The highest BCUT2D eigenvalue weighted by Crippen LogP contribution is 2.21. The number of benzene rings is 1. The van der Waals surface area contributed by atoms with Crippen LogP contribution in [0.4, 0.5) is 8.78 Å². The summed E-state index contributed by atoms with van der Waals surface area (Å²) in [6.07, 6.45) is 3.80. The van der Waals surface area contributed by atoms with Crippen molar-refractivity contribution in [1.82, 2.24) is 15.6 Å². The summed E-state index contributed by atoms with van der Waals surface area (Å²) in [6, 6.07) is 2.20. The molecule has 1 unspecified atom stereocenters. The first-order chi connectivity index (χ1) is 10.6. The Kier molecular flexibility index (Phi) is 6.03. The van der Waals surface area contributed by atoms with E-state index >= 15 is 0 Å². The second-order valence-corrected chi connectivity index (χ2v) is 5.22. The monoisotopic (exact) mass is 309 g/mol. The van der Waals surface area contributed by atoms with Crippen LogP contribution < -0.4 is 10.6 Å². The fraction of sp³-hybridized carbons (Fsp3) is 0.438. The van der Waals surface area contributed by atoms with E-state index in [9.17, 15) is 8.78 Å². The minimum absolute atomic E-state index is 0.306. The predicted octanol–water partition coefficient (Wildman–Crippen LogP) is 3.30. The number of hydrogen-bond donors (Lipinski definition) is 2. The SMILES string of the molecule is CCCNCc1cc(F)c(C(C)NCc2cocn2)cc1F. The molecule has 22 heavy (non-hydrogen) atoms. The van der Waals surface area contributed by atoms with E-state index < -0.39 is 11.6 Å². The summed E-state index contributed by atoms with van der Waals surface area (Å²) in [5, 5.41) is 6.17. The molecule has 1 heterocycles. The first-order valence-corrected chi connectivity index (χ1v) is 7.40. The molecule has 1 atom stereocenters. The standard InChI is InChI=1S/C16H21F2N3O/c1-3-4-19-7-12-5-16(18)14(6-15(12)17)11(2)20-8-13-9-22-10-21-13/h5-6,9-11,19-20H,3-4,7-8H2,1-2H3. The zero-order valence-electron chi connectivity index (χ0n) is 12.8. The van der Waals surface area contributed by atoms with E-state index in [0.29, 0.717) is 29.9 Å². The van der Waals surface area contributed by atoms with Gasteiger partial charge in [-0.3, -0.25) is 0 Å². The Hall–Kier alpha value is -1.79. The fourth-order valence-electron chi connectivity index (χ4n) is 2.16. The van der Waals surface area contributed by atoms with E-state index in [-0.39, 0.29) is 6.04 Å². The molecule has 0 bridgehead atoms. The van der Waals surface area contributed by atoms with E-state index in [1.165, 1.54) is 24.8 Å². The summed E-state index contributed by atoms with van der Waals surface area (Å²) in [7, 11) is 0. The van der Waals surface area contributed by atoms with E-state index in [1.807, 2.05) is 6.92 Å². The quantitative estimate of drug-likeness (QED) is 0.735. The molecule has 120 valence electrons. The average molecular weight is 309 g/mol. The van der Waals surface area contributed by atoms with Crippen LogP contribution >= 0.6 is 0 Å². The van der Waals surface area contributed by atoms with Crippen molar-refractivity contribution >= 4 is 0 Å². The van der Waals surface area contributed by atoms with Crippen molar-refractivity contribution in [3.05, 3.63) is 53.2 Å². The lowest BCUT2D eigenvalue weighted by Gasteiger charge is -2.16. The van der Waals surface area contributed by atoms with E-state index in [1.54, 1.807) is 6.92 Å². The molecule has 0 saturated carbocycles. The van der Waals surface area contributed by atoms with Gasteiger partial charge in [0, 0.05) is 30.3 Å². The fourth-order valence-corrected chi connectivity index (χ4v) is 2.16. The summed E-state index contributed by atoms with van der Waals surface area (Å²) < 4.78 is 33.1. The lowest BCUT2D eigenvalue weighted by molar-refractivity contribution is 0.507. The van der Waals surface area contributed by atoms with E-state index in [4.69, 9.17) is 4.42 Å². The highest BCUT2D eigenvalue weighted by Gasteiger charge is 2.15. The lowest BCUT2D eigenvalue weighted by Crippen LogP contribution is -2.20. The van der Waals surface area contributed by atoms with Crippen molar-refractivity contribution in [1.29, 1.82) is 0 Å². The third kappa shape index (κ3) is 4.35. The van der Waals surface area contributed by atoms with Crippen LogP contribution in [0, 0.1) is 11.6 Å². The van der Waals surface area contributed by atoms with Gasteiger partial charge in [0.2, 0.25) is 0 Å². The van der Waals surface area contributed by atoms with Crippen molar-refractivity contribution in [2.75, 3.05) is 6.54 Å². The smallest absolute Gasteiger partial charge is 0.180 e. The highest BCUT2D eigenvalue weighted by molar-refractivity contribution is 5.28. The zero-order valence-corrected chi connectivity index (χ0v) is 12.8. The Morgan fingerprint density at radius 1 is 1.23 bits per heavy atom. The Bertz CT molecular complexity index is 587. The maximum atomic E-state index is 14.2. The number of halogens is 2. The minimum atomic E-state index is -0.408. The van der Waals surface area contributed by atoms with E-state index in [0.717, 1.165) is 13.0 Å². The van der Waals surface area contributed by atoms with Crippen molar-refractivity contribution in [2.45, 2.75) is 39.4 Å². The zero-order chi connectivity index (χ0) is 15.9. The molecule has 0 aliphatic carbocycles. The average Bonchev–Trinajstić information content (AvgIpc) is 3.01. The summed E-state index contributed by atoms with van der Waals surface area (Å²) >= 11 is 0. The lowest BCUT2D eigenvalue weighted by atomic mass is 10.0. The topological polar surface area (TPSA) is 50.1 Å². The molecule has 4 nitrogen and oxygen atoms in total. The number of hydrogen-bond acceptors (Lipinski definition) is 4. The highest BCUT2D eigenvalue weighted by atomic mass is 19.1. The Morgan fingerprint density at radius 3 is 2.73 bits per heavy atom. The van der Waals surface area contributed by atoms with Gasteiger partial charge in [0.1, 0.15) is 17.9 Å². The van der Waals surface area contributed by atoms with Crippen molar-refractivity contribution < 1.29 is 13.2 Å². The molecule has 0 amide bonds. The molecular formula is C16H21F2N3O. The third-order valence-electron chi connectivity index (χ3n) is 3.45. The molecule has 1 aromatic carbocycles. The molecular weight excluding hydrogens is 288 g/mol. The van der Waals surface area contributed by atoms with E-state index in [2.05, 4.69) is 15.6 Å². The molecule has 6 heteroatoms. The Balaban J connectivity index is 2.02. The van der Waals surface area contributed by atoms with Gasteiger partial charge in [0.05, 0.1) is 5.69 Å². The van der Waals surface area contributed by atoms with Crippen LogP contribution in [0.5, 0.6) is 0 Å². The summed E-state index contributed by atoms with van der Waals surface area (Å²) in [4.78, 5) is 3.97. The first-order valence-electron chi connectivity index (χ1n) is 7.40. The third-order valence-corrected chi connectivity index (χ3v) is 3.45. The molecule has 2 N–H and O–H groups in total. The van der Waals surface area contributed by atoms with Crippen LogP contribution in [-0.2, 0) is 13.1 Å². The second-order valence-electron chi connectivity index (χ2n) is 5.22. The van der Waals surface area contributed by atoms with Gasteiger partial charge in [0.15, 0.2) is 6.39 Å². The summed E-state index contributed by atoms with van der Waals surface area (Å²) in [5.41, 5.74) is 1.37. The molecule has 0 fully saturated rings. The van der Waals surface area contributed by atoms with Crippen LogP contribution in [0.25, 0.3) is 0 Å². The molecule has 1 aromatic heterocycles. The molecule has 0 aliphatic heterocycles. The molecule has 2 rings (SSSR count). The maximum Gasteiger partial charge on any atom is 0.180 e. The first kappa shape index (κ1) is 16.6. The predicted molar refractivity (Wildman–Crippen MR) is 80.1 cm³/mol. The number of nitrogens with one attached hydrogen (secondary N) is 2. The van der Waals surface area contributed by atoms with Crippen molar-refractivity contribution in [3.63, 3.8) is 0 Å². The van der Waals surface area contributed by atoms with Crippen LogP contribution in [0.3, 0.4) is 0 Å². The number of nitrogens with zero attached hydrogens (tertiary/aromatic N) is 1. The molecule has 0 saturated heterocycles. The van der Waals surface area contributed by atoms with Gasteiger partial charge in [-0.1, -0.05) is 6.92 Å². The summed E-state index contributed by atoms with van der Waals surface area (Å²) in [6.45, 7) is 5.34. The summed E-state index contributed by atoms with van der Waals surface area (Å²) in [5.74, 6) is -0.801. The molecule has 0 radical (unpaired) electrons. The second kappa shape index (κ2) is 8.00. The number of aromatic nitrogens is 1. The maximum absolute atomic E-state index is 14.2. The molecule has 0 spiro atoms. The van der Waals surface area contributed by atoms with Crippen LogP contribution in [0.1, 0.15) is 43.1 Å². The Labute approximate surface area is 128 Å². The van der Waals surface area contributed by atoms with Crippen molar-refractivity contribution in [3.8, 4) is 0 Å². The Morgan fingerprint density at radius 2 is 2.05 bits per heavy atom. The largest absolute Gasteiger partial charge is 0.451 e. The van der Waals surface area contributed by atoms with Gasteiger partial charge in [-0.05, 0) is 32.0 Å². The van der Waals surface area contributed by atoms with Crippen LogP contribution in [-0.4, -0.2) is 11.5 Å².